The van der Waals surface area contributed by atoms with Crippen molar-refractivity contribution in [2.75, 3.05) is 24.5 Å². The number of nitrogens with zero attached hydrogens (tertiary/aromatic N) is 2. The maximum atomic E-state index is 12.8. The van der Waals surface area contributed by atoms with E-state index in [4.69, 9.17) is 9.72 Å². The van der Waals surface area contributed by atoms with Gasteiger partial charge in [0.05, 0.1) is 11.7 Å². The second-order valence-corrected chi connectivity index (χ2v) is 8.77. The second kappa shape index (κ2) is 7.13. The van der Waals surface area contributed by atoms with E-state index in [-0.39, 0.29) is 17.6 Å². The number of carbonyl (C=O) groups excluding carboxylic acids is 1. The van der Waals surface area contributed by atoms with Gasteiger partial charge in [0, 0.05) is 42.7 Å². The Balaban J connectivity index is 1.30. The van der Waals surface area contributed by atoms with Gasteiger partial charge in [-0.2, -0.15) is 0 Å². The van der Waals surface area contributed by atoms with Crippen LogP contribution in [0.15, 0.2) is 42.5 Å². The van der Waals surface area contributed by atoms with Crippen LogP contribution in [-0.2, 0) is 11.2 Å². The molecule has 4 heterocycles. The Morgan fingerprint density at radius 2 is 2.14 bits per heavy atom. The van der Waals surface area contributed by atoms with Crippen LogP contribution in [0.2, 0.25) is 0 Å². The van der Waals surface area contributed by atoms with E-state index in [0.717, 1.165) is 55.0 Å². The third-order valence-electron chi connectivity index (χ3n) is 7.12. The maximum Gasteiger partial charge on any atom is 0.251 e. The van der Waals surface area contributed by atoms with E-state index < -0.39 is 0 Å². The van der Waals surface area contributed by atoms with Gasteiger partial charge in [-0.3, -0.25) is 4.79 Å². The summed E-state index contributed by atoms with van der Waals surface area (Å²) in [6.07, 6.45) is 3.35. The summed E-state index contributed by atoms with van der Waals surface area (Å²) in [6, 6.07) is 14.1. The zero-order chi connectivity index (χ0) is 20.0. The summed E-state index contributed by atoms with van der Waals surface area (Å²) >= 11 is 0. The lowest BCUT2D eigenvalue weighted by atomic mass is 9.73. The number of rotatable bonds is 5. The number of nitrogens with one attached hydrogen (secondary N) is 1. The summed E-state index contributed by atoms with van der Waals surface area (Å²) in [5.74, 6) is 1.90. The zero-order valence-corrected chi connectivity index (χ0v) is 17.2. The molecule has 1 aromatic carbocycles. The molecule has 0 unspecified atom stereocenters. The predicted octanol–water partition coefficient (Wildman–Crippen LogP) is 3.37. The Hall–Kier alpha value is -2.40. The first-order valence-corrected chi connectivity index (χ1v) is 10.8. The minimum absolute atomic E-state index is 0.0366. The molecular formula is C24H29N3O2. The quantitative estimate of drug-likeness (QED) is 0.849. The van der Waals surface area contributed by atoms with E-state index in [1.54, 1.807) is 0 Å². The number of amides is 1. The normalized spacial score (nSPS) is 29.9. The van der Waals surface area contributed by atoms with Gasteiger partial charge < -0.3 is 15.0 Å². The number of benzene rings is 1. The van der Waals surface area contributed by atoms with Crippen molar-refractivity contribution in [3.63, 3.8) is 0 Å². The Bertz CT molecular complexity index is 930. The van der Waals surface area contributed by atoms with Crippen molar-refractivity contribution in [3.8, 4) is 0 Å². The van der Waals surface area contributed by atoms with Crippen molar-refractivity contribution in [2.45, 2.75) is 44.8 Å². The third-order valence-corrected chi connectivity index (χ3v) is 7.12. The molecule has 3 aliphatic rings. The summed E-state index contributed by atoms with van der Waals surface area (Å²) in [5, 5.41) is 3.22. The molecule has 3 aliphatic heterocycles. The third kappa shape index (κ3) is 3.12. The Morgan fingerprint density at radius 3 is 2.97 bits per heavy atom. The lowest BCUT2D eigenvalue weighted by Gasteiger charge is -2.29. The highest BCUT2D eigenvalue weighted by Gasteiger charge is 2.63. The number of pyridine rings is 1. The summed E-state index contributed by atoms with van der Waals surface area (Å²) in [6.45, 7) is 6.68. The maximum absolute atomic E-state index is 12.8. The molecule has 1 aromatic heterocycles. The van der Waals surface area contributed by atoms with E-state index in [2.05, 4.69) is 29.3 Å². The van der Waals surface area contributed by atoms with E-state index in [0.29, 0.717) is 18.4 Å². The zero-order valence-electron chi connectivity index (χ0n) is 17.2. The van der Waals surface area contributed by atoms with Crippen LogP contribution in [0, 0.1) is 18.8 Å². The van der Waals surface area contributed by atoms with Crippen LogP contribution < -0.4 is 10.2 Å². The standard InChI is InChI=1S/C24H29N3O2/c1-3-17-8-4-5-9-18(17)23(28)25-13-19-20-14-27(22-10-6-7-16(2)26-22)15-24(20)12-11-21(19)29-24/h4-10,19-21H,3,11-15H2,1-2H3,(H,25,28)/t19-,20+,21+,24+/m0/s1. The summed E-state index contributed by atoms with van der Waals surface area (Å²) in [5.41, 5.74) is 2.88. The van der Waals surface area contributed by atoms with Crippen LogP contribution in [0.3, 0.4) is 0 Å². The van der Waals surface area contributed by atoms with Crippen molar-refractivity contribution < 1.29 is 9.53 Å². The highest BCUT2D eigenvalue weighted by molar-refractivity contribution is 5.95. The van der Waals surface area contributed by atoms with Crippen molar-refractivity contribution in [1.29, 1.82) is 0 Å². The first-order chi connectivity index (χ1) is 14.1. The first kappa shape index (κ1) is 18.6. The van der Waals surface area contributed by atoms with Crippen LogP contribution in [-0.4, -0.2) is 42.2 Å². The number of aryl methyl sites for hydroxylation is 2. The predicted molar refractivity (Wildman–Crippen MR) is 113 cm³/mol. The van der Waals surface area contributed by atoms with Gasteiger partial charge in [0.25, 0.3) is 5.91 Å². The fourth-order valence-corrected chi connectivity index (χ4v) is 5.70. The van der Waals surface area contributed by atoms with Crippen LogP contribution >= 0.6 is 0 Å². The molecule has 2 aromatic rings. The Labute approximate surface area is 172 Å². The summed E-state index contributed by atoms with van der Waals surface area (Å²) in [4.78, 5) is 19.9. The monoisotopic (exact) mass is 391 g/mol. The van der Waals surface area contributed by atoms with Gasteiger partial charge in [-0.25, -0.2) is 4.98 Å². The topological polar surface area (TPSA) is 54.5 Å². The minimum atomic E-state index is -0.0627. The molecule has 29 heavy (non-hydrogen) atoms. The molecule has 4 atom stereocenters. The highest BCUT2D eigenvalue weighted by atomic mass is 16.5. The molecule has 0 radical (unpaired) electrons. The summed E-state index contributed by atoms with van der Waals surface area (Å²) < 4.78 is 6.54. The number of anilines is 1. The number of fused-ring (bicyclic) bond motifs is 1. The van der Waals surface area contributed by atoms with Gasteiger partial charge in [-0.15, -0.1) is 0 Å². The van der Waals surface area contributed by atoms with Crippen LogP contribution in [0.25, 0.3) is 0 Å². The largest absolute Gasteiger partial charge is 0.369 e. The lowest BCUT2D eigenvalue weighted by molar-refractivity contribution is 0.0141. The molecule has 1 N–H and O–H groups in total. The molecule has 1 amide bonds. The number of hydrogen-bond donors (Lipinski definition) is 1. The number of hydrogen-bond acceptors (Lipinski definition) is 4. The molecule has 3 saturated heterocycles. The Morgan fingerprint density at radius 1 is 1.28 bits per heavy atom. The second-order valence-electron chi connectivity index (χ2n) is 8.77. The van der Waals surface area contributed by atoms with E-state index >= 15 is 0 Å². The fraction of sp³-hybridized carbons (Fsp3) is 0.500. The van der Waals surface area contributed by atoms with E-state index in [1.165, 1.54) is 0 Å². The lowest BCUT2D eigenvalue weighted by Crippen LogP contribution is -2.42. The molecule has 5 nitrogen and oxygen atoms in total. The van der Waals surface area contributed by atoms with Gasteiger partial charge in [0.2, 0.25) is 0 Å². The van der Waals surface area contributed by atoms with Crippen molar-refractivity contribution in [1.82, 2.24) is 10.3 Å². The van der Waals surface area contributed by atoms with Gasteiger partial charge in [0.15, 0.2) is 0 Å². The molecule has 3 fully saturated rings. The highest BCUT2D eigenvalue weighted by Crippen LogP contribution is 2.55. The molecule has 152 valence electrons. The smallest absolute Gasteiger partial charge is 0.251 e. The SMILES string of the molecule is CCc1ccccc1C(=O)NC[C@H]1[C@H]2CN(c3cccc(C)n3)C[C@]23CC[C@H]1O3. The minimum Gasteiger partial charge on any atom is -0.369 e. The van der Waals surface area contributed by atoms with Gasteiger partial charge in [-0.05, 0) is 49.9 Å². The van der Waals surface area contributed by atoms with Gasteiger partial charge in [-0.1, -0.05) is 31.2 Å². The number of carbonyl (C=O) groups is 1. The molecular weight excluding hydrogens is 362 g/mol. The summed E-state index contributed by atoms with van der Waals surface area (Å²) in [7, 11) is 0. The fourth-order valence-electron chi connectivity index (χ4n) is 5.70. The first-order valence-electron chi connectivity index (χ1n) is 10.8. The van der Waals surface area contributed by atoms with Gasteiger partial charge in [0.1, 0.15) is 5.82 Å². The molecule has 5 rings (SSSR count). The van der Waals surface area contributed by atoms with Gasteiger partial charge >= 0.3 is 0 Å². The van der Waals surface area contributed by atoms with Crippen LogP contribution in [0.5, 0.6) is 0 Å². The molecule has 2 bridgehead atoms. The van der Waals surface area contributed by atoms with Crippen molar-refractivity contribution in [2.24, 2.45) is 11.8 Å². The van der Waals surface area contributed by atoms with E-state index in [1.807, 2.05) is 37.3 Å². The number of aromatic nitrogens is 1. The average Bonchev–Trinajstić information content (AvgIpc) is 3.40. The molecule has 5 heteroatoms. The van der Waals surface area contributed by atoms with Crippen LogP contribution in [0.4, 0.5) is 5.82 Å². The molecule has 0 aliphatic carbocycles. The molecule has 0 saturated carbocycles. The van der Waals surface area contributed by atoms with Crippen molar-refractivity contribution in [3.05, 3.63) is 59.3 Å². The number of ether oxygens (including phenoxy) is 1. The van der Waals surface area contributed by atoms with Crippen LogP contribution in [0.1, 0.15) is 41.4 Å². The van der Waals surface area contributed by atoms with Crippen molar-refractivity contribution >= 4 is 11.7 Å². The van der Waals surface area contributed by atoms with E-state index in [9.17, 15) is 4.79 Å². The molecule has 1 spiro atoms. The Kier molecular flexibility index (Phi) is 4.58. The average molecular weight is 392 g/mol.